The van der Waals surface area contributed by atoms with E-state index < -0.39 is 0 Å². The summed E-state index contributed by atoms with van der Waals surface area (Å²) in [6, 6.07) is 6.98. The first-order valence-electron chi connectivity index (χ1n) is 5.00. The number of halogens is 2. The van der Waals surface area contributed by atoms with Gasteiger partial charge in [-0.2, -0.15) is 0 Å². The van der Waals surface area contributed by atoms with Crippen molar-refractivity contribution in [1.82, 2.24) is 10.2 Å². The molecule has 0 aliphatic carbocycles. The minimum absolute atomic E-state index is 0.335. The number of hydrogen-bond donors (Lipinski definition) is 0. The minimum Gasteiger partial charge on any atom is -0.437 e. The molecule has 0 atom stereocenters. The van der Waals surface area contributed by atoms with Gasteiger partial charge >= 0.3 is 0 Å². The largest absolute Gasteiger partial charge is 0.437 e. The molecule has 1 aromatic carbocycles. The van der Waals surface area contributed by atoms with Gasteiger partial charge in [-0.3, -0.25) is 0 Å². The highest BCUT2D eigenvalue weighted by Crippen LogP contribution is 2.30. The molecule has 0 fully saturated rings. The summed E-state index contributed by atoms with van der Waals surface area (Å²) in [7, 11) is 0. The van der Waals surface area contributed by atoms with E-state index >= 15 is 0 Å². The molecule has 17 heavy (non-hydrogen) atoms. The van der Waals surface area contributed by atoms with Gasteiger partial charge in [-0.25, -0.2) is 0 Å². The van der Waals surface area contributed by atoms with Gasteiger partial charge in [0.05, 0.1) is 0 Å². The lowest BCUT2D eigenvalue weighted by Gasteiger charge is -2.10. The van der Waals surface area contributed by atoms with Crippen LogP contribution in [0.1, 0.15) is 11.1 Å². The molecule has 0 aliphatic rings. The van der Waals surface area contributed by atoms with Crippen LogP contribution in [-0.4, -0.2) is 10.2 Å². The summed E-state index contributed by atoms with van der Waals surface area (Å²) in [6.07, 6.45) is 0. The van der Waals surface area contributed by atoms with Crippen LogP contribution in [0.2, 0.25) is 10.2 Å². The van der Waals surface area contributed by atoms with Crippen molar-refractivity contribution in [3.63, 3.8) is 0 Å². The maximum atomic E-state index is 5.95. The summed E-state index contributed by atoms with van der Waals surface area (Å²) in [5.74, 6) is 1.15. The van der Waals surface area contributed by atoms with Crippen LogP contribution < -0.4 is 4.74 Å². The second-order valence-electron chi connectivity index (χ2n) is 3.67. The van der Waals surface area contributed by atoms with Crippen LogP contribution in [0.25, 0.3) is 0 Å². The maximum Gasteiger partial charge on any atom is 0.238 e. The summed E-state index contributed by atoms with van der Waals surface area (Å²) >= 11 is 11.6. The Morgan fingerprint density at radius 3 is 2.18 bits per heavy atom. The molecule has 0 unspecified atom stereocenters. The van der Waals surface area contributed by atoms with E-state index in [9.17, 15) is 0 Å². The molecule has 2 aromatic rings. The van der Waals surface area contributed by atoms with Crippen LogP contribution in [0.5, 0.6) is 11.6 Å². The topological polar surface area (TPSA) is 35.0 Å². The molecule has 0 radical (unpaired) electrons. The fourth-order valence-corrected chi connectivity index (χ4v) is 1.95. The van der Waals surface area contributed by atoms with Gasteiger partial charge in [0.2, 0.25) is 5.88 Å². The van der Waals surface area contributed by atoms with Gasteiger partial charge < -0.3 is 4.74 Å². The number of nitrogens with zero attached hydrogens (tertiary/aromatic N) is 2. The van der Waals surface area contributed by atoms with Gasteiger partial charge in [-0.15, -0.1) is 10.2 Å². The molecule has 0 spiro atoms. The van der Waals surface area contributed by atoms with Crippen molar-refractivity contribution in [1.29, 1.82) is 0 Å². The molecule has 1 aromatic heterocycles. The van der Waals surface area contributed by atoms with Crippen LogP contribution in [0.3, 0.4) is 0 Å². The molecular formula is C12H10Cl2N2O. The van der Waals surface area contributed by atoms with E-state index in [2.05, 4.69) is 10.2 Å². The molecule has 0 N–H and O–H groups in total. The van der Waals surface area contributed by atoms with Crippen molar-refractivity contribution >= 4 is 23.2 Å². The van der Waals surface area contributed by atoms with Crippen molar-refractivity contribution < 1.29 is 4.74 Å². The Hall–Kier alpha value is -1.32. The summed E-state index contributed by atoms with van der Waals surface area (Å²) in [5, 5.41) is 8.58. The lowest BCUT2D eigenvalue weighted by atomic mass is 10.1. The first-order valence-corrected chi connectivity index (χ1v) is 5.75. The van der Waals surface area contributed by atoms with E-state index in [-0.39, 0.29) is 0 Å². The Morgan fingerprint density at radius 1 is 1.00 bits per heavy atom. The number of ether oxygens (including phenoxy) is 1. The molecule has 3 nitrogen and oxygen atoms in total. The Bertz CT molecular complexity index is 518. The second kappa shape index (κ2) is 4.90. The first kappa shape index (κ1) is 12.1. The second-order valence-corrected chi connectivity index (χ2v) is 4.49. The predicted octanol–water partition coefficient (Wildman–Crippen LogP) is 4.19. The standard InChI is InChI=1S/C12H10Cl2N2O/c1-7-5-9(13)6-8(2)12(7)17-11-4-3-10(14)15-16-11/h3-6H,1-2H3. The monoisotopic (exact) mass is 268 g/mol. The lowest BCUT2D eigenvalue weighted by Crippen LogP contribution is -1.94. The van der Waals surface area contributed by atoms with Crippen molar-refractivity contribution in [3.05, 3.63) is 45.6 Å². The van der Waals surface area contributed by atoms with Crippen LogP contribution >= 0.6 is 23.2 Å². The van der Waals surface area contributed by atoms with Crippen molar-refractivity contribution in [2.24, 2.45) is 0 Å². The van der Waals surface area contributed by atoms with E-state index in [4.69, 9.17) is 27.9 Å². The molecule has 5 heteroatoms. The van der Waals surface area contributed by atoms with Crippen LogP contribution in [-0.2, 0) is 0 Å². The van der Waals surface area contributed by atoms with Crippen molar-refractivity contribution in [2.75, 3.05) is 0 Å². The number of aromatic nitrogens is 2. The molecule has 0 amide bonds. The molecule has 0 saturated heterocycles. The molecule has 1 heterocycles. The highest BCUT2D eigenvalue weighted by molar-refractivity contribution is 6.30. The third-order valence-electron chi connectivity index (χ3n) is 2.24. The Balaban J connectivity index is 2.33. The van der Waals surface area contributed by atoms with Gasteiger partial charge in [0.15, 0.2) is 5.15 Å². The zero-order valence-electron chi connectivity index (χ0n) is 9.37. The van der Waals surface area contributed by atoms with E-state index in [0.29, 0.717) is 16.1 Å². The highest BCUT2D eigenvalue weighted by atomic mass is 35.5. The zero-order chi connectivity index (χ0) is 12.4. The highest BCUT2D eigenvalue weighted by Gasteiger charge is 2.08. The van der Waals surface area contributed by atoms with E-state index in [1.807, 2.05) is 26.0 Å². The molecular weight excluding hydrogens is 259 g/mol. The SMILES string of the molecule is Cc1cc(Cl)cc(C)c1Oc1ccc(Cl)nn1. The van der Waals surface area contributed by atoms with E-state index in [1.54, 1.807) is 12.1 Å². The van der Waals surface area contributed by atoms with Crippen molar-refractivity contribution in [3.8, 4) is 11.6 Å². The molecule has 88 valence electrons. The van der Waals surface area contributed by atoms with E-state index in [0.717, 1.165) is 16.9 Å². The first-order chi connectivity index (χ1) is 8.06. The lowest BCUT2D eigenvalue weighted by molar-refractivity contribution is 0.448. The Kier molecular flexibility index (Phi) is 3.50. The smallest absolute Gasteiger partial charge is 0.238 e. The molecule has 0 bridgehead atoms. The van der Waals surface area contributed by atoms with Gasteiger partial charge in [0, 0.05) is 11.1 Å². The number of benzene rings is 1. The molecule has 2 rings (SSSR count). The van der Waals surface area contributed by atoms with Gasteiger partial charge in [-0.05, 0) is 43.2 Å². The summed E-state index contributed by atoms with van der Waals surface area (Å²) in [5.41, 5.74) is 1.90. The number of aryl methyl sites for hydroxylation is 2. The third-order valence-corrected chi connectivity index (χ3v) is 2.66. The summed E-state index contributed by atoms with van der Waals surface area (Å²) < 4.78 is 5.66. The summed E-state index contributed by atoms with van der Waals surface area (Å²) in [6.45, 7) is 3.86. The van der Waals surface area contributed by atoms with Crippen molar-refractivity contribution in [2.45, 2.75) is 13.8 Å². The third kappa shape index (κ3) is 2.87. The average molecular weight is 269 g/mol. The summed E-state index contributed by atoms with van der Waals surface area (Å²) in [4.78, 5) is 0. The van der Waals surface area contributed by atoms with Gasteiger partial charge in [0.25, 0.3) is 0 Å². The van der Waals surface area contributed by atoms with Gasteiger partial charge in [0.1, 0.15) is 5.75 Å². The molecule has 0 aliphatic heterocycles. The van der Waals surface area contributed by atoms with Gasteiger partial charge in [-0.1, -0.05) is 23.2 Å². The average Bonchev–Trinajstić information content (AvgIpc) is 2.26. The molecule has 0 saturated carbocycles. The quantitative estimate of drug-likeness (QED) is 0.819. The minimum atomic E-state index is 0.335. The number of rotatable bonds is 2. The normalized spacial score (nSPS) is 10.4. The van der Waals surface area contributed by atoms with Crippen LogP contribution in [0.4, 0.5) is 0 Å². The van der Waals surface area contributed by atoms with E-state index in [1.165, 1.54) is 0 Å². The Labute approximate surface area is 109 Å². The number of hydrogen-bond acceptors (Lipinski definition) is 3. The Morgan fingerprint density at radius 2 is 1.65 bits per heavy atom. The fraction of sp³-hybridized carbons (Fsp3) is 0.167. The fourth-order valence-electron chi connectivity index (χ4n) is 1.52. The maximum absolute atomic E-state index is 5.95. The zero-order valence-corrected chi connectivity index (χ0v) is 10.9. The van der Waals surface area contributed by atoms with Crippen LogP contribution in [0, 0.1) is 13.8 Å². The van der Waals surface area contributed by atoms with Crippen LogP contribution in [0.15, 0.2) is 24.3 Å². The predicted molar refractivity (Wildman–Crippen MR) is 68.0 cm³/mol.